The summed E-state index contributed by atoms with van der Waals surface area (Å²) in [7, 11) is 0. The average Bonchev–Trinajstić information content (AvgIpc) is 2.57. The summed E-state index contributed by atoms with van der Waals surface area (Å²) < 4.78 is 29.8. The fourth-order valence-corrected chi connectivity index (χ4v) is 0.795. The van der Waals surface area contributed by atoms with Gasteiger partial charge in [0.25, 0.3) is 5.69 Å². The van der Waals surface area contributed by atoms with Crippen molar-refractivity contribution in [3.8, 4) is 0 Å². The first kappa shape index (κ1) is 3.66. The molecule has 0 aliphatic carbocycles. The van der Waals surface area contributed by atoms with E-state index in [1.165, 1.54) is 0 Å². The van der Waals surface area contributed by atoms with E-state index in [2.05, 4.69) is 10.2 Å². The molecule has 5 heteroatoms. The molecule has 0 saturated carbocycles. The van der Waals surface area contributed by atoms with E-state index in [-0.39, 0.29) is 17.1 Å². The van der Waals surface area contributed by atoms with E-state index in [9.17, 15) is 10.1 Å². The third-order valence-corrected chi connectivity index (χ3v) is 1.32. The number of hydrogen-bond donors (Lipinski definition) is 1. The first-order valence-electron chi connectivity index (χ1n) is 5.04. The molecule has 1 N–H and O–H groups in total. The van der Waals surface area contributed by atoms with Crippen molar-refractivity contribution in [1.29, 1.82) is 0 Å². The molecule has 1 heterocycles. The molecule has 0 saturated heterocycles. The minimum absolute atomic E-state index is 0.0411. The van der Waals surface area contributed by atoms with Gasteiger partial charge < -0.3 is 0 Å². The quantitative estimate of drug-likeness (QED) is 0.516. The van der Waals surface area contributed by atoms with E-state index >= 15 is 0 Å². The molecule has 0 bridgehead atoms. The molecule has 0 aliphatic heterocycles. The maximum Gasteiger partial charge on any atom is 0.271 e. The number of nitro benzene ring substituents is 1. The zero-order valence-corrected chi connectivity index (χ0v) is 5.71. The van der Waals surface area contributed by atoms with E-state index in [4.69, 9.17) is 5.48 Å². The Morgan fingerprint density at radius 1 is 1.67 bits per heavy atom. The smallest absolute Gasteiger partial charge is 0.271 e. The van der Waals surface area contributed by atoms with Crippen molar-refractivity contribution < 1.29 is 10.4 Å². The van der Waals surface area contributed by atoms with Crippen LogP contribution in [0.3, 0.4) is 0 Å². The van der Waals surface area contributed by atoms with Crippen LogP contribution in [-0.4, -0.2) is 15.1 Å². The first-order valence-corrected chi connectivity index (χ1v) is 3.04. The van der Waals surface area contributed by atoms with Crippen molar-refractivity contribution in [2.75, 3.05) is 0 Å². The van der Waals surface area contributed by atoms with Crippen LogP contribution in [0.2, 0.25) is 0 Å². The summed E-state index contributed by atoms with van der Waals surface area (Å²) in [5.41, 5.74) is -0.807. The van der Waals surface area contributed by atoms with Crippen molar-refractivity contribution in [2.45, 2.75) is 0 Å². The van der Waals surface area contributed by atoms with Gasteiger partial charge in [0.2, 0.25) is 0 Å². The van der Waals surface area contributed by atoms with Crippen molar-refractivity contribution in [2.24, 2.45) is 0 Å². The highest BCUT2D eigenvalue weighted by Crippen LogP contribution is 2.17. The largest absolute Gasteiger partial charge is 0.278 e. The Kier molecular flexibility index (Phi) is 0.701. The van der Waals surface area contributed by atoms with E-state index in [1.54, 1.807) is 0 Å². The van der Waals surface area contributed by atoms with E-state index in [0.29, 0.717) is 0 Å². The molecule has 2 aromatic rings. The van der Waals surface area contributed by atoms with E-state index in [0.717, 1.165) is 0 Å². The van der Waals surface area contributed by atoms with Crippen LogP contribution < -0.4 is 0 Å². The lowest BCUT2D eigenvalue weighted by molar-refractivity contribution is -0.384. The zero-order valence-electron chi connectivity index (χ0n) is 9.71. The minimum atomic E-state index is -0.882. The molecular weight excluding hydrogens is 158 g/mol. The molecule has 12 heavy (non-hydrogen) atoms. The number of fused-ring (bicyclic) bond motifs is 1. The van der Waals surface area contributed by atoms with Crippen LogP contribution >= 0.6 is 0 Å². The summed E-state index contributed by atoms with van der Waals surface area (Å²) >= 11 is 0. The van der Waals surface area contributed by atoms with Gasteiger partial charge in [0.05, 0.1) is 22.1 Å². The van der Waals surface area contributed by atoms with Crippen molar-refractivity contribution in [3.63, 3.8) is 0 Å². The number of aromatic nitrogens is 2. The predicted molar refractivity (Wildman–Crippen MR) is 42.7 cm³/mol. The minimum Gasteiger partial charge on any atom is -0.278 e. The Hall–Kier alpha value is -1.91. The Morgan fingerprint density at radius 3 is 3.25 bits per heavy atom. The fraction of sp³-hybridized carbons (Fsp3) is 0. The van der Waals surface area contributed by atoms with Crippen LogP contribution in [-0.2, 0) is 0 Å². The molecule has 2 rings (SSSR count). The number of aromatic amines is 1. The fourth-order valence-electron chi connectivity index (χ4n) is 0.795. The third-order valence-electron chi connectivity index (χ3n) is 1.32. The summed E-state index contributed by atoms with van der Waals surface area (Å²) in [6, 6.07) is -1.65. The Bertz CT molecular complexity index is 609. The average molecular weight is 167 g/mol. The Balaban J connectivity index is 3.02. The number of nitrogens with zero attached hydrogens (tertiary/aromatic N) is 2. The van der Waals surface area contributed by atoms with Gasteiger partial charge in [0.1, 0.15) is 0 Å². The van der Waals surface area contributed by atoms with Crippen molar-refractivity contribution >= 4 is 16.6 Å². The highest BCUT2D eigenvalue weighted by Gasteiger charge is 2.05. The van der Waals surface area contributed by atoms with Crippen LogP contribution in [0.1, 0.15) is 5.48 Å². The molecule has 0 amide bonds. The second-order valence-electron chi connectivity index (χ2n) is 2.07. The monoisotopic (exact) mass is 167 g/mol. The summed E-state index contributed by atoms with van der Waals surface area (Å²) in [5, 5.41) is 16.3. The highest BCUT2D eigenvalue weighted by molar-refractivity contribution is 5.80. The number of nitro groups is 1. The van der Waals surface area contributed by atoms with Gasteiger partial charge in [-0.05, 0) is 6.04 Å². The van der Waals surface area contributed by atoms with Crippen molar-refractivity contribution in [3.05, 3.63) is 34.4 Å². The lowest BCUT2D eigenvalue weighted by Gasteiger charge is -1.89. The standard InChI is InChI=1S/C7H5N3O2/c11-10(12)6-2-1-5-4-8-9-7(5)3-6/h1-4H,(H,8,9)/i1D,2D,3D,4D. The van der Waals surface area contributed by atoms with E-state index in [1.807, 2.05) is 0 Å². The third kappa shape index (κ3) is 0.914. The summed E-state index contributed by atoms with van der Waals surface area (Å²) in [5.74, 6) is 0. The van der Waals surface area contributed by atoms with Gasteiger partial charge in [-0.1, -0.05) is 0 Å². The van der Waals surface area contributed by atoms with Crippen LogP contribution in [0.25, 0.3) is 10.9 Å². The molecule has 1 aromatic carbocycles. The van der Waals surface area contributed by atoms with Gasteiger partial charge in [-0.2, -0.15) is 5.10 Å². The lowest BCUT2D eigenvalue weighted by Crippen LogP contribution is -1.86. The number of benzene rings is 1. The summed E-state index contributed by atoms with van der Waals surface area (Å²) in [4.78, 5) is 9.76. The zero-order chi connectivity index (χ0) is 12.0. The molecule has 1 aromatic heterocycles. The topological polar surface area (TPSA) is 71.8 Å². The van der Waals surface area contributed by atoms with Gasteiger partial charge >= 0.3 is 0 Å². The molecule has 60 valence electrons. The molecule has 0 atom stereocenters. The molecule has 0 aliphatic rings. The highest BCUT2D eigenvalue weighted by atomic mass is 16.6. The second kappa shape index (κ2) is 2.30. The van der Waals surface area contributed by atoms with Gasteiger partial charge in [-0.3, -0.25) is 15.2 Å². The van der Waals surface area contributed by atoms with E-state index < -0.39 is 28.7 Å². The Morgan fingerprint density at radius 2 is 2.50 bits per heavy atom. The second-order valence-corrected chi connectivity index (χ2v) is 2.07. The SMILES string of the molecule is [2H]c1c([N+](=O)[O-])c([2H])c2[nH]nc([2H])c2c1[2H]. The molecule has 0 radical (unpaired) electrons. The number of H-pyrrole nitrogens is 1. The number of rotatable bonds is 1. The first-order chi connectivity index (χ1) is 7.45. The molecule has 0 unspecified atom stereocenters. The van der Waals surface area contributed by atoms with Gasteiger partial charge in [-0.25, -0.2) is 0 Å². The van der Waals surface area contributed by atoms with Gasteiger partial charge in [-0.15, -0.1) is 0 Å². The lowest BCUT2D eigenvalue weighted by atomic mass is 10.2. The maximum absolute atomic E-state index is 10.6. The van der Waals surface area contributed by atoms with Crippen molar-refractivity contribution in [1.82, 2.24) is 10.2 Å². The van der Waals surface area contributed by atoms with Gasteiger partial charge in [0, 0.05) is 17.5 Å². The van der Waals surface area contributed by atoms with Crippen LogP contribution in [0.4, 0.5) is 5.69 Å². The van der Waals surface area contributed by atoms with Crippen LogP contribution in [0, 0.1) is 10.1 Å². The van der Waals surface area contributed by atoms with Gasteiger partial charge in [0.15, 0.2) is 0 Å². The maximum atomic E-state index is 10.6. The molecule has 5 nitrogen and oxygen atoms in total. The molecular formula is C7H5N3O2. The van der Waals surface area contributed by atoms with Crippen LogP contribution in [0.5, 0.6) is 0 Å². The number of nitrogens with one attached hydrogen (secondary N) is 1. The number of hydrogen-bond acceptors (Lipinski definition) is 3. The normalized spacial score (nSPS) is 15.0. The molecule has 0 fully saturated rings. The summed E-state index contributed by atoms with van der Waals surface area (Å²) in [6.45, 7) is 0. The summed E-state index contributed by atoms with van der Waals surface area (Å²) in [6.07, 6.45) is -0.295. The van der Waals surface area contributed by atoms with Crippen LogP contribution in [0.15, 0.2) is 24.3 Å². The Labute approximate surface area is 72.8 Å². The predicted octanol–water partition coefficient (Wildman–Crippen LogP) is 1.47. The molecule has 0 spiro atoms.